The third kappa shape index (κ3) is 3.08. The van der Waals surface area contributed by atoms with Crippen LogP contribution in [0.5, 0.6) is 5.75 Å². The summed E-state index contributed by atoms with van der Waals surface area (Å²) in [5, 5.41) is 7.20. The normalized spacial score (nSPS) is 19.9. The summed E-state index contributed by atoms with van der Waals surface area (Å²) in [6.45, 7) is 1.14. The highest BCUT2D eigenvalue weighted by Crippen LogP contribution is 2.34. The maximum atomic E-state index is 13.3. The largest absolute Gasteiger partial charge is 0.482 e. The van der Waals surface area contributed by atoms with Crippen molar-refractivity contribution in [2.24, 2.45) is 0 Å². The lowest BCUT2D eigenvalue weighted by atomic mass is 9.88. The fourth-order valence-corrected chi connectivity index (χ4v) is 4.18. The van der Waals surface area contributed by atoms with Gasteiger partial charge in [0, 0.05) is 5.56 Å². The van der Waals surface area contributed by atoms with Crippen LogP contribution in [0, 0.1) is 0 Å². The first-order valence-corrected chi connectivity index (χ1v) is 10.1. The monoisotopic (exact) mass is 429 g/mol. The van der Waals surface area contributed by atoms with E-state index < -0.39 is 29.8 Å². The molecule has 2 aliphatic rings. The van der Waals surface area contributed by atoms with Crippen molar-refractivity contribution in [1.82, 2.24) is 10.2 Å². The molecule has 0 spiro atoms. The van der Waals surface area contributed by atoms with Gasteiger partial charge >= 0.3 is 6.03 Å². The fourth-order valence-electron chi connectivity index (χ4n) is 4.18. The number of imide groups is 1. The number of anilines is 1. The zero-order valence-corrected chi connectivity index (χ0v) is 17.2. The minimum absolute atomic E-state index is 0.0878. The molecule has 0 saturated carbocycles. The zero-order chi connectivity index (χ0) is 22.5. The van der Waals surface area contributed by atoms with Crippen LogP contribution in [0.2, 0.25) is 0 Å². The highest BCUT2D eigenvalue weighted by molar-refractivity contribution is 6.13. The predicted molar refractivity (Wildman–Crippen MR) is 116 cm³/mol. The van der Waals surface area contributed by atoms with Crippen molar-refractivity contribution in [1.29, 1.82) is 0 Å². The van der Waals surface area contributed by atoms with Crippen LogP contribution in [0.15, 0.2) is 60.7 Å². The van der Waals surface area contributed by atoms with Crippen LogP contribution in [0.1, 0.15) is 22.8 Å². The van der Waals surface area contributed by atoms with Gasteiger partial charge in [-0.3, -0.25) is 19.3 Å². The Labute approximate surface area is 183 Å². The van der Waals surface area contributed by atoms with Crippen molar-refractivity contribution in [2.75, 3.05) is 18.5 Å². The second-order valence-corrected chi connectivity index (χ2v) is 7.94. The summed E-state index contributed by atoms with van der Waals surface area (Å²) in [5.74, 6) is -0.790. The molecule has 0 bridgehead atoms. The average Bonchev–Trinajstić information content (AvgIpc) is 3.01. The van der Waals surface area contributed by atoms with Crippen LogP contribution < -0.4 is 15.4 Å². The molecule has 5 rings (SSSR count). The number of benzene rings is 3. The van der Waals surface area contributed by atoms with Crippen molar-refractivity contribution < 1.29 is 23.9 Å². The molecule has 0 aliphatic carbocycles. The molecule has 2 heterocycles. The molecule has 4 amide bonds. The SMILES string of the molecule is CC1(c2cccc3ccccc23)NC(=O)N(CC(=O)c2ccc3c(c2)NC(=O)CO3)C1=O. The first kappa shape index (κ1) is 19.7. The van der Waals surface area contributed by atoms with Gasteiger partial charge in [-0.05, 0) is 41.5 Å². The summed E-state index contributed by atoms with van der Waals surface area (Å²) in [4.78, 5) is 51.4. The Kier molecular flexibility index (Phi) is 4.44. The molecule has 0 aromatic heterocycles. The van der Waals surface area contributed by atoms with E-state index in [1.54, 1.807) is 25.1 Å². The van der Waals surface area contributed by atoms with Crippen molar-refractivity contribution in [2.45, 2.75) is 12.5 Å². The number of ketones is 1. The number of hydrogen-bond donors (Lipinski definition) is 2. The summed E-state index contributed by atoms with van der Waals surface area (Å²) >= 11 is 0. The fraction of sp³-hybridized carbons (Fsp3) is 0.167. The average molecular weight is 429 g/mol. The van der Waals surface area contributed by atoms with Crippen molar-refractivity contribution in [3.63, 3.8) is 0 Å². The number of hydrogen-bond acceptors (Lipinski definition) is 5. The molecular formula is C24H19N3O5. The number of carbonyl (C=O) groups excluding carboxylic acids is 4. The lowest BCUT2D eigenvalue weighted by Gasteiger charge is -2.24. The third-order valence-electron chi connectivity index (χ3n) is 5.84. The van der Waals surface area contributed by atoms with Crippen LogP contribution in [0.4, 0.5) is 10.5 Å². The number of carbonyl (C=O) groups is 4. The van der Waals surface area contributed by atoms with Crippen molar-refractivity contribution >= 4 is 40.1 Å². The van der Waals surface area contributed by atoms with Gasteiger partial charge in [-0.1, -0.05) is 42.5 Å². The molecule has 3 aromatic rings. The van der Waals surface area contributed by atoms with E-state index in [-0.39, 0.29) is 18.1 Å². The number of fused-ring (bicyclic) bond motifs is 2. The molecule has 8 heteroatoms. The Hall–Kier alpha value is -4.20. The molecule has 1 unspecified atom stereocenters. The van der Waals surface area contributed by atoms with E-state index in [0.29, 0.717) is 17.0 Å². The van der Waals surface area contributed by atoms with E-state index in [1.807, 2.05) is 36.4 Å². The second-order valence-electron chi connectivity index (χ2n) is 7.94. The topological polar surface area (TPSA) is 105 Å². The van der Waals surface area contributed by atoms with E-state index in [1.165, 1.54) is 6.07 Å². The Balaban J connectivity index is 1.43. The smallest absolute Gasteiger partial charge is 0.325 e. The quantitative estimate of drug-likeness (QED) is 0.490. The van der Waals surface area contributed by atoms with Gasteiger partial charge in [0.2, 0.25) is 0 Å². The molecule has 160 valence electrons. The van der Waals surface area contributed by atoms with Gasteiger partial charge in [0.1, 0.15) is 11.3 Å². The van der Waals surface area contributed by atoms with Gasteiger partial charge in [-0.25, -0.2) is 4.79 Å². The van der Waals surface area contributed by atoms with Gasteiger partial charge in [0.05, 0.1) is 12.2 Å². The highest BCUT2D eigenvalue weighted by atomic mass is 16.5. The van der Waals surface area contributed by atoms with Crippen LogP contribution in [-0.2, 0) is 15.1 Å². The molecule has 1 saturated heterocycles. The van der Waals surface area contributed by atoms with Crippen LogP contribution in [-0.4, -0.2) is 41.7 Å². The summed E-state index contributed by atoms with van der Waals surface area (Å²) in [5.41, 5.74) is 0.00643. The standard InChI is InChI=1S/C24H19N3O5/c1-24(17-8-4-6-14-5-2-3-7-16(14)17)22(30)27(23(31)26-24)12-19(28)15-9-10-20-18(11-15)25-21(29)13-32-20/h2-11H,12-13H2,1H3,(H,25,29)(H,26,31). The second kappa shape index (κ2) is 7.19. The zero-order valence-electron chi connectivity index (χ0n) is 17.2. The first-order chi connectivity index (χ1) is 15.4. The van der Waals surface area contributed by atoms with Gasteiger partial charge < -0.3 is 15.4 Å². The van der Waals surface area contributed by atoms with E-state index in [0.717, 1.165) is 15.7 Å². The van der Waals surface area contributed by atoms with E-state index in [2.05, 4.69) is 10.6 Å². The van der Waals surface area contributed by atoms with E-state index in [4.69, 9.17) is 4.74 Å². The molecule has 2 aliphatic heterocycles. The van der Waals surface area contributed by atoms with E-state index >= 15 is 0 Å². The minimum atomic E-state index is -1.30. The number of amides is 4. The minimum Gasteiger partial charge on any atom is -0.482 e. The van der Waals surface area contributed by atoms with Gasteiger partial charge in [0.15, 0.2) is 12.4 Å². The first-order valence-electron chi connectivity index (χ1n) is 10.1. The van der Waals surface area contributed by atoms with Crippen LogP contribution in [0.3, 0.4) is 0 Å². The maximum Gasteiger partial charge on any atom is 0.325 e. The molecule has 1 fully saturated rings. The molecular weight excluding hydrogens is 410 g/mol. The number of rotatable bonds is 4. The Morgan fingerprint density at radius 3 is 2.69 bits per heavy atom. The van der Waals surface area contributed by atoms with Gasteiger partial charge in [-0.15, -0.1) is 0 Å². The Morgan fingerprint density at radius 1 is 1.06 bits per heavy atom. The van der Waals surface area contributed by atoms with Crippen molar-refractivity contribution in [3.05, 3.63) is 71.8 Å². The third-order valence-corrected chi connectivity index (χ3v) is 5.84. The van der Waals surface area contributed by atoms with Crippen LogP contribution >= 0.6 is 0 Å². The summed E-state index contributed by atoms with van der Waals surface area (Å²) in [7, 11) is 0. The van der Waals surface area contributed by atoms with Gasteiger partial charge in [-0.2, -0.15) is 0 Å². The summed E-state index contributed by atoms with van der Waals surface area (Å²) in [6, 6.07) is 17.1. The molecule has 2 N–H and O–H groups in total. The molecule has 3 aromatic carbocycles. The number of nitrogens with zero attached hydrogens (tertiary/aromatic N) is 1. The molecule has 8 nitrogen and oxygen atoms in total. The number of urea groups is 1. The molecule has 0 radical (unpaired) electrons. The number of ether oxygens (including phenoxy) is 1. The molecule has 1 atom stereocenters. The van der Waals surface area contributed by atoms with Crippen LogP contribution in [0.25, 0.3) is 10.8 Å². The summed E-state index contributed by atoms with van der Waals surface area (Å²) < 4.78 is 5.30. The number of Topliss-reactive ketones (excluding diaryl/α,β-unsaturated/α-hetero) is 1. The highest BCUT2D eigenvalue weighted by Gasteiger charge is 2.50. The lowest BCUT2D eigenvalue weighted by Crippen LogP contribution is -2.41. The predicted octanol–water partition coefficient (Wildman–Crippen LogP) is 2.82. The number of nitrogens with one attached hydrogen (secondary N) is 2. The Bertz CT molecular complexity index is 1310. The van der Waals surface area contributed by atoms with Gasteiger partial charge in [0.25, 0.3) is 11.8 Å². The Morgan fingerprint density at radius 2 is 1.84 bits per heavy atom. The molecule has 32 heavy (non-hydrogen) atoms. The van der Waals surface area contributed by atoms with E-state index in [9.17, 15) is 19.2 Å². The maximum absolute atomic E-state index is 13.3. The van der Waals surface area contributed by atoms with Crippen molar-refractivity contribution in [3.8, 4) is 5.75 Å². The summed E-state index contributed by atoms with van der Waals surface area (Å²) in [6.07, 6.45) is 0. The lowest BCUT2D eigenvalue weighted by molar-refractivity contribution is -0.130.